The second-order valence-electron chi connectivity index (χ2n) is 13.5. The molecule has 4 N–H and O–H groups in total. The molecule has 0 radical (unpaired) electrons. The summed E-state index contributed by atoms with van der Waals surface area (Å²) in [6.07, 6.45) is 4.88. The normalized spacial score (nSPS) is 55.6. The highest BCUT2D eigenvalue weighted by molar-refractivity contribution is 5.85. The van der Waals surface area contributed by atoms with Gasteiger partial charge in [0.05, 0.1) is 17.8 Å². The molecule has 2 heterocycles. The van der Waals surface area contributed by atoms with Crippen molar-refractivity contribution in [2.75, 3.05) is 6.61 Å². The summed E-state index contributed by atoms with van der Waals surface area (Å²) in [6, 6.07) is 0. The lowest BCUT2D eigenvalue weighted by molar-refractivity contribution is -0.310. The fourth-order valence-corrected chi connectivity index (χ4v) is 9.81. The molecule has 37 heavy (non-hydrogen) atoms. The Morgan fingerprint density at radius 1 is 0.946 bits per heavy atom. The van der Waals surface area contributed by atoms with Gasteiger partial charge in [-0.3, -0.25) is 0 Å². The molecule has 0 aromatic carbocycles. The minimum absolute atomic E-state index is 0.0661. The van der Waals surface area contributed by atoms with Gasteiger partial charge in [-0.1, -0.05) is 13.8 Å². The fourth-order valence-electron chi connectivity index (χ4n) is 9.81. The van der Waals surface area contributed by atoms with Crippen molar-refractivity contribution in [2.45, 2.75) is 121 Å². The number of rotatable bonds is 3. The third kappa shape index (κ3) is 3.80. The van der Waals surface area contributed by atoms with Gasteiger partial charge >= 0.3 is 5.97 Å². The van der Waals surface area contributed by atoms with Crippen molar-refractivity contribution in [3.8, 4) is 0 Å². The third-order valence-electron chi connectivity index (χ3n) is 12.1. The van der Waals surface area contributed by atoms with Gasteiger partial charge in [0.1, 0.15) is 24.9 Å². The second-order valence-corrected chi connectivity index (χ2v) is 13.5. The number of ether oxygens (including phenoxy) is 3. The lowest BCUT2D eigenvalue weighted by Crippen LogP contribution is -2.62. The van der Waals surface area contributed by atoms with E-state index in [4.69, 9.17) is 14.2 Å². The van der Waals surface area contributed by atoms with Gasteiger partial charge in [-0.2, -0.15) is 0 Å². The van der Waals surface area contributed by atoms with Crippen LogP contribution in [-0.2, 0) is 19.0 Å². The van der Waals surface area contributed by atoms with Crippen LogP contribution >= 0.6 is 0 Å². The summed E-state index contributed by atoms with van der Waals surface area (Å²) in [5, 5.41) is 43.0. The topological polar surface area (TPSA) is 126 Å². The zero-order valence-corrected chi connectivity index (χ0v) is 22.3. The Labute approximate surface area is 219 Å². The molecule has 2 aliphatic heterocycles. The SMILES string of the molecule is C[C@H]1O[C@@H](O[C@H]2CC[C@]3(C)C4CC[C@]5(C)[C@@H](C6=CC(=O)OC6)CC[C@]5(O)C4CC[C@H]3C2)[C@H](O)[C@H](O)[C@@H]1O. The Morgan fingerprint density at radius 2 is 1.73 bits per heavy atom. The van der Waals surface area contributed by atoms with Gasteiger partial charge in [0.15, 0.2) is 6.29 Å². The number of carbonyl (C=O) groups is 1. The predicted octanol–water partition coefficient (Wildman–Crippen LogP) is 2.46. The Hall–Kier alpha value is -1.03. The van der Waals surface area contributed by atoms with Crippen molar-refractivity contribution < 1.29 is 39.4 Å². The summed E-state index contributed by atoms with van der Waals surface area (Å²) in [7, 11) is 0. The molecule has 0 amide bonds. The van der Waals surface area contributed by atoms with Crippen LogP contribution < -0.4 is 0 Å². The van der Waals surface area contributed by atoms with Crippen molar-refractivity contribution in [1.82, 2.24) is 0 Å². The Morgan fingerprint density at radius 3 is 2.46 bits per heavy atom. The molecule has 8 nitrogen and oxygen atoms in total. The highest BCUT2D eigenvalue weighted by Crippen LogP contribution is 2.70. The van der Waals surface area contributed by atoms with E-state index in [0.717, 1.165) is 63.4 Å². The second kappa shape index (κ2) is 9.00. The monoisotopic (exact) mass is 520 g/mol. The lowest BCUT2D eigenvalue weighted by atomic mass is 9.43. The van der Waals surface area contributed by atoms with E-state index in [0.29, 0.717) is 18.4 Å². The average molecular weight is 521 g/mol. The van der Waals surface area contributed by atoms with Crippen LogP contribution in [0.15, 0.2) is 11.6 Å². The standard InChI is InChI=1S/C29H44O8/c1-15-23(31)24(32)25(33)26(36-15)37-18-6-9-27(2)17(13-18)4-5-21-20(27)7-10-28(3)19(8-11-29(21,28)34)16-12-22(30)35-14-16/h12,15,17-21,23-26,31-34H,4-11,13-14H2,1-3H3/t15-,17+,18+,19-,20?,21?,23-,24-,25-,26+,27+,28-,29+/m1/s1. The van der Waals surface area contributed by atoms with Crippen LogP contribution in [0.1, 0.15) is 78.6 Å². The molecule has 2 unspecified atom stereocenters. The molecule has 13 atom stereocenters. The van der Waals surface area contributed by atoms with Gasteiger partial charge < -0.3 is 34.6 Å². The van der Waals surface area contributed by atoms with E-state index in [9.17, 15) is 25.2 Å². The highest BCUT2D eigenvalue weighted by atomic mass is 16.7. The highest BCUT2D eigenvalue weighted by Gasteiger charge is 2.67. The van der Waals surface area contributed by atoms with Crippen molar-refractivity contribution in [3.63, 3.8) is 0 Å². The van der Waals surface area contributed by atoms with E-state index < -0.39 is 36.3 Å². The molecule has 0 spiro atoms. The van der Waals surface area contributed by atoms with Crippen molar-refractivity contribution >= 4 is 5.97 Å². The van der Waals surface area contributed by atoms with E-state index in [1.54, 1.807) is 13.0 Å². The molecule has 4 aliphatic carbocycles. The van der Waals surface area contributed by atoms with Crippen molar-refractivity contribution in [3.05, 3.63) is 11.6 Å². The first-order valence-corrected chi connectivity index (χ1v) is 14.4. The first-order valence-electron chi connectivity index (χ1n) is 14.4. The van der Waals surface area contributed by atoms with Crippen molar-refractivity contribution in [2.24, 2.45) is 34.5 Å². The van der Waals surface area contributed by atoms with Gasteiger partial charge in [-0.15, -0.1) is 0 Å². The lowest BCUT2D eigenvalue weighted by Gasteiger charge is -2.64. The number of esters is 1. The average Bonchev–Trinajstić information content (AvgIpc) is 3.41. The number of fused-ring (bicyclic) bond motifs is 5. The molecule has 1 saturated heterocycles. The van der Waals surface area contributed by atoms with E-state index in [2.05, 4.69) is 13.8 Å². The fraction of sp³-hybridized carbons (Fsp3) is 0.897. The number of aliphatic hydroxyl groups is 4. The van der Waals surface area contributed by atoms with Crippen LogP contribution in [-0.4, -0.2) is 75.4 Å². The van der Waals surface area contributed by atoms with E-state index >= 15 is 0 Å². The molecule has 0 aromatic rings. The summed E-state index contributed by atoms with van der Waals surface area (Å²) >= 11 is 0. The van der Waals surface area contributed by atoms with E-state index in [1.807, 2.05) is 0 Å². The first-order chi connectivity index (χ1) is 17.5. The van der Waals surface area contributed by atoms with E-state index in [-0.39, 0.29) is 34.7 Å². The number of aliphatic hydroxyl groups excluding tert-OH is 3. The van der Waals surface area contributed by atoms with Gasteiger partial charge in [-0.05, 0) is 99.4 Å². The third-order valence-corrected chi connectivity index (χ3v) is 12.1. The molecule has 4 saturated carbocycles. The Kier molecular flexibility index (Phi) is 6.37. The number of cyclic esters (lactones) is 1. The quantitative estimate of drug-likeness (QED) is 0.330. The molecule has 8 heteroatoms. The van der Waals surface area contributed by atoms with Gasteiger partial charge in [0.25, 0.3) is 0 Å². The summed E-state index contributed by atoms with van der Waals surface area (Å²) in [6.45, 7) is 6.73. The van der Waals surface area contributed by atoms with Gasteiger partial charge in [0, 0.05) is 11.5 Å². The molecular weight excluding hydrogens is 476 g/mol. The molecule has 6 aliphatic rings. The van der Waals surface area contributed by atoms with E-state index in [1.165, 1.54) is 0 Å². The number of hydrogen-bond donors (Lipinski definition) is 4. The Balaban J connectivity index is 1.16. The van der Waals surface area contributed by atoms with Crippen molar-refractivity contribution in [1.29, 1.82) is 0 Å². The molecule has 0 aromatic heterocycles. The van der Waals surface area contributed by atoms with Gasteiger partial charge in [-0.25, -0.2) is 4.79 Å². The zero-order valence-electron chi connectivity index (χ0n) is 22.3. The van der Waals surface area contributed by atoms with Crippen LogP contribution in [0, 0.1) is 34.5 Å². The van der Waals surface area contributed by atoms with Crippen LogP contribution in [0.4, 0.5) is 0 Å². The Bertz CT molecular complexity index is 952. The van der Waals surface area contributed by atoms with Crippen LogP contribution in [0.25, 0.3) is 0 Å². The largest absolute Gasteiger partial charge is 0.458 e. The van der Waals surface area contributed by atoms with Crippen LogP contribution in [0.3, 0.4) is 0 Å². The summed E-state index contributed by atoms with van der Waals surface area (Å²) < 4.78 is 17.2. The zero-order chi connectivity index (χ0) is 26.3. The minimum atomic E-state index is -1.28. The summed E-state index contributed by atoms with van der Waals surface area (Å²) in [5.74, 6) is 1.14. The molecule has 6 rings (SSSR count). The van der Waals surface area contributed by atoms with Crippen LogP contribution in [0.5, 0.6) is 0 Å². The molecular formula is C29H44O8. The minimum Gasteiger partial charge on any atom is -0.458 e. The predicted molar refractivity (Wildman–Crippen MR) is 133 cm³/mol. The maximum atomic E-state index is 12.4. The number of carbonyl (C=O) groups excluding carboxylic acids is 1. The molecule has 208 valence electrons. The van der Waals surface area contributed by atoms with Crippen LogP contribution in [0.2, 0.25) is 0 Å². The summed E-state index contributed by atoms with van der Waals surface area (Å²) in [4.78, 5) is 11.8. The number of hydrogen-bond acceptors (Lipinski definition) is 8. The maximum Gasteiger partial charge on any atom is 0.331 e. The maximum absolute atomic E-state index is 12.4. The smallest absolute Gasteiger partial charge is 0.331 e. The first kappa shape index (κ1) is 26.2. The summed E-state index contributed by atoms with van der Waals surface area (Å²) in [5.41, 5.74) is 0.243. The van der Waals surface area contributed by atoms with Gasteiger partial charge in [0.2, 0.25) is 0 Å². The molecule has 5 fully saturated rings. The molecule has 0 bridgehead atoms.